The molecular formula is C8H7NS2. The van der Waals surface area contributed by atoms with Crippen molar-refractivity contribution in [3.8, 4) is 5.40 Å². The molecule has 11 heavy (non-hydrogen) atoms. The number of aryl methyl sites for hydroxylation is 1. The van der Waals surface area contributed by atoms with Crippen molar-refractivity contribution in [3.05, 3.63) is 29.8 Å². The van der Waals surface area contributed by atoms with Crippen molar-refractivity contribution in [2.24, 2.45) is 0 Å². The Hall–Kier alpha value is -0.590. The van der Waals surface area contributed by atoms with Crippen LogP contribution in [0.25, 0.3) is 0 Å². The van der Waals surface area contributed by atoms with Crippen molar-refractivity contribution < 1.29 is 0 Å². The molecule has 1 aromatic carbocycles. The van der Waals surface area contributed by atoms with Gasteiger partial charge in [0.1, 0.15) is 5.40 Å². The molecule has 0 radical (unpaired) electrons. The summed E-state index contributed by atoms with van der Waals surface area (Å²) in [4.78, 5) is 1.14. The smallest absolute Gasteiger partial charge is 0.145 e. The Morgan fingerprint density at radius 2 is 2.27 bits per heavy atom. The lowest BCUT2D eigenvalue weighted by molar-refractivity contribution is 1.37. The monoisotopic (exact) mass is 181 g/mol. The number of hydrogen-bond acceptors (Lipinski definition) is 3. The van der Waals surface area contributed by atoms with Gasteiger partial charge in [0, 0.05) is 15.7 Å². The molecule has 0 aliphatic carbocycles. The van der Waals surface area contributed by atoms with E-state index < -0.39 is 0 Å². The number of benzene rings is 1. The second kappa shape index (κ2) is 4.32. The molecule has 1 aromatic rings. The van der Waals surface area contributed by atoms with E-state index in [4.69, 9.17) is 5.26 Å². The Labute approximate surface area is 74.2 Å². The van der Waals surface area contributed by atoms with E-state index in [1.54, 1.807) is 0 Å². The minimum absolute atomic E-state index is 1.14. The molecule has 56 valence electrons. The summed E-state index contributed by atoms with van der Waals surface area (Å²) < 4.78 is 0. The highest BCUT2D eigenvalue weighted by atomic mass is 33.1. The Morgan fingerprint density at radius 1 is 1.45 bits per heavy atom. The van der Waals surface area contributed by atoms with Crippen LogP contribution in [0.15, 0.2) is 29.2 Å². The predicted molar refractivity (Wildman–Crippen MR) is 50.2 cm³/mol. The highest BCUT2D eigenvalue weighted by Gasteiger charge is 1.92. The Morgan fingerprint density at radius 3 is 2.91 bits per heavy atom. The van der Waals surface area contributed by atoms with E-state index in [0.29, 0.717) is 0 Å². The standard InChI is InChI=1S/C8H7NS2/c1-7-3-2-4-8(5-7)11-10-6-9/h2-5H,1H3. The molecule has 0 atom stereocenters. The molecule has 0 fully saturated rings. The van der Waals surface area contributed by atoms with Gasteiger partial charge in [0.05, 0.1) is 0 Å². The Kier molecular flexibility index (Phi) is 3.34. The van der Waals surface area contributed by atoms with E-state index in [2.05, 4.69) is 6.07 Å². The minimum atomic E-state index is 1.14. The summed E-state index contributed by atoms with van der Waals surface area (Å²) in [5.41, 5.74) is 1.23. The van der Waals surface area contributed by atoms with Gasteiger partial charge in [-0.05, 0) is 35.4 Å². The molecule has 0 N–H and O–H groups in total. The molecule has 0 aliphatic heterocycles. The molecule has 0 bridgehead atoms. The fourth-order valence-corrected chi connectivity index (χ4v) is 1.95. The van der Waals surface area contributed by atoms with Gasteiger partial charge in [-0.15, -0.1) is 0 Å². The van der Waals surface area contributed by atoms with Gasteiger partial charge in [0.25, 0.3) is 0 Å². The summed E-state index contributed by atoms with van der Waals surface area (Å²) in [7, 11) is 2.68. The zero-order chi connectivity index (χ0) is 8.10. The maximum atomic E-state index is 8.29. The summed E-state index contributed by atoms with van der Waals surface area (Å²) >= 11 is 0. The first-order valence-corrected chi connectivity index (χ1v) is 5.27. The third-order valence-corrected chi connectivity index (χ3v) is 2.82. The number of nitriles is 1. The van der Waals surface area contributed by atoms with E-state index in [0.717, 1.165) is 4.90 Å². The van der Waals surface area contributed by atoms with Crippen LogP contribution < -0.4 is 0 Å². The molecule has 1 nitrogen and oxygen atoms in total. The van der Waals surface area contributed by atoms with Crippen LogP contribution in [0.4, 0.5) is 0 Å². The molecule has 0 unspecified atom stereocenters. The van der Waals surface area contributed by atoms with Crippen LogP contribution in [-0.4, -0.2) is 0 Å². The highest BCUT2D eigenvalue weighted by Crippen LogP contribution is 2.29. The molecule has 0 saturated heterocycles. The Bertz CT molecular complexity index is 278. The van der Waals surface area contributed by atoms with E-state index in [9.17, 15) is 0 Å². The first kappa shape index (κ1) is 8.51. The van der Waals surface area contributed by atoms with Gasteiger partial charge in [-0.2, -0.15) is 5.26 Å². The van der Waals surface area contributed by atoms with Crippen LogP contribution in [-0.2, 0) is 0 Å². The molecule has 0 aromatic heterocycles. The maximum Gasteiger partial charge on any atom is 0.145 e. The largest absolute Gasteiger partial charge is 0.184 e. The lowest BCUT2D eigenvalue weighted by Gasteiger charge is -1.95. The topological polar surface area (TPSA) is 23.8 Å². The van der Waals surface area contributed by atoms with E-state index in [1.165, 1.54) is 27.2 Å². The van der Waals surface area contributed by atoms with Gasteiger partial charge in [-0.25, -0.2) is 0 Å². The lowest BCUT2D eigenvalue weighted by atomic mass is 10.2. The van der Waals surface area contributed by atoms with Crippen LogP contribution in [0.2, 0.25) is 0 Å². The summed E-state index contributed by atoms with van der Waals surface area (Å²) in [6.07, 6.45) is 0. The van der Waals surface area contributed by atoms with Gasteiger partial charge in [0.2, 0.25) is 0 Å². The van der Waals surface area contributed by atoms with Gasteiger partial charge in [0.15, 0.2) is 0 Å². The third-order valence-electron chi connectivity index (χ3n) is 1.16. The van der Waals surface area contributed by atoms with Gasteiger partial charge in [-0.3, -0.25) is 0 Å². The quantitative estimate of drug-likeness (QED) is 0.517. The van der Waals surface area contributed by atoms with Gasteiger partial charge < -0.3 is 0 Å². The Balaban J connectivity index is 2.65. The van der Waals surface area contributed by atoms with Crippen molar-refractivity contribution in [1.29, 1.82) is 5.26 Å². The average Bonchev–Trinajstić information content (AvgIpc) is 2.01. The third kappa shape index (κ3) is 2.87. The summed E-state index contributed by atoms with van der Waals surface area (Å²) in [5.74, 6) is 0. The van der Waals surface area contributed by atoms with Crippen LogP contribution >= 0.6 is 21.6 Å². The summed E-state index contributed by atoms with van der Waals surface area (Å²) in [6.45, 7) is 2.04. The molecule has 0 spiro atoms. The predicted octanol–water partition coefficient (Wildman–Crippen LogP) is 3.22. The first-order valence-electron chi connectivity index (χ1n) is 3.12. The van der Waals surface area contributed by atoms with E-state index in [1.807, 2.05) is 30.5 Å². The van der Waals surface area contributed by atoms with Crippen LogP contribution in [0.3, 0.4) is 0 Å². The summed E-state index contributed by atoms with van der Waals surface area (Å²) in [6, 6.07) is 8.10. The molecule has 0 aliphatic rings. The SMILES string of the molecule is Cc1cccc(SSC#N)c1. The van der Waals surface area contributed by atoms with Crippen molar-refractivity contribution in [2.75, 3.05) is 0 Å². The second-order valence-corrected chi connectivity index (χ2v) is 4.06. The molecule has 3 heteroatoms. The normalized spacial score (nSPS) is 9.09. The molecule has 1 rings (SSSR count). The lowest BCUT2D eigenvalue weighted by Crippen LogP contribution is -1.70. The number of nitrogens with zero attached hydrogens (tertiary/aromatic N) is 1. The molecule has 0 heterocycles. The zero-order valence-electron chi connectivity index (χ0n) is 6.07. The van der Waals surface area contributed by atoms with Crippen LogP contribution in [0.5, 0.6) is 0 Å². The van der Waals surface area contributed by atoms with Crippen molar-refractivity contribution in [3.63, 3.8) is 0 Å². The minimum Gasteiger partial charge on any atom is -0.184 e. The highest BCUT2D eigenvalue weighted by molar-refractivity contribution is 8.78. The fraction of sp³-hybridized carbons (Fsp3) is 0.125. The van der Waals surface area contributed by atoms with Crippen molar-refractivity contribution >= 4 is 21.6 Å². The van der Waals surface area contributed by atoms with E-state index >= 15 is 0 Å². The van der Waals surface area contributed by atoms with Crippen molar-refractivity contribution in [2.45, 2.75) is 11.8 Å². The zero-order valence-corrected chi connectivity index (χ0v) is 7.71. The van der Waals surface area contributed by atoms with Gasteiger partial charge in [-0.1, -0.05) is 12.1 Å². The second-order valence-electron chi connectivity index (χ2n) is 2.07. The summed E-state index contributed by atoms with van der Waals surface area (Å²) in [5, 5.41) is 10.3. The maximum absolute atomic E-state index is 8.29. The van der Waals surface area contributed by atoms with Crippen molar-refractivity contribution in [1.82, 2.24) is 0 Å². The van der Waals surface area contributed by atoms with Gasteiger partial charge >= 0.3 is 0 Å². The van der Waals surface area contributed by atoms with Crippen LogP contribution in [0.1, 0.15) is 5.56 Å². The first-order chi connectivity index (χ1) is 5.33. The number of hydrogen-bond donors (Lipinski definition) is 0. The average molecular weight is 181 g/mol. The molecule has 0 saturated carbocycles. The van der Waals surface area contributed by atoms with E-state index in [-0.39, 0.29) is 0 Å². The number of thiocyanates is 1. The number of rotatable bonds is 2. The molecule has 0 amide bonds. The fourth-order valence-electron chi connectivity index (χ4n) is 0.734. The molecular weight excluding hydrogens is 174 g/mol. The van der Waals surface area contributed by atoms with Crippen LogP contribution in [0, 0.1) is 17.6 Å².